The van der Waals surface area contributed by atoms with E-state index >= 15 is 0 Å². The lowest BCUT2D eigenvalue weighted by molar-refractivity contribution is 0.728. The SMILES string of the molecule is CCNCc1ccc(C)cc1-c1ccsc1C. The quantitative estimate of drug-likeness (QED) is 0.853. The van der Waals surface area contributed by atoms with E-state index in [1.165, 1.54) is 27.1 Å². The Hall–Kier alpha value is -1.12. The van der Waals surface area contributed by atoms with Crippen molar-refractivity contribution < 1.29 is 0 Å². The lowest BCUT2D eigenvalue weighted by atomic mass is 9.98. The minimum Gasteiger partial charge on any atom is -0.313 e. The van der Waals surface area contributed by atoms with Gasteiger partial charge in [0.15, 0.2) is 0 Å². The van der Waals surface area contributed by atoms with E-state index in [9.17, 15) is 0 Å². The van der Waals surface area contributed by atoms with Crippen molar-refractivity contribution in [3.05, 3.63) is 45.6 Å². The first-order valence-corrected chi connectivity index (χ1v) is 6.95. The minimum atomic E-state index is 0.946. The standard InChI is InChI=1S/C15H19NS/c1-4-16-10-13-6-5-11(2)9-15(13)14-7-8-17-12(14)3/h5-9,16H,4,10H2,1-3H3. The topological polar surface area (TPSA) is 12.0 Å². The Morgan fingerprint density at radius 1 is 1.12 bits per heavy atom. The third-order valence-electron chi connectivity index (χ3n) is 2.98. The molecule has 2 rings (SSSR count). The second kappa shape index (κ2) is 5.48. The molecule has 0 atom stereocenters. The molecule has 1 nitrogen and oxygen atoms in total. The van der Waals surface area contributed by atoms with Crippen LogP contribution >= 0.6 is 11.3 Å². The smallest absolute Gasteiger partial charge is 0.0211 e. The van der Waals surface area contributed by atoms with Crippen LogP contribution in [0.2, 0.25) is 0 Å². The fraction of sp³-hybridized carbons (Fsp3) is 0.333. The van der Waals surface area contributed by atoms with E-state index in [-0.39, 0.29) is 0 Å². The van der Waals surface area contributed by atoms with Gasteiger partial charge in [0, 0.05) is 11.4 Å². The lowest BCUT2D eigenvalue weighted by Gasteiger charge is -2.11. The van der Waals surface area contributed by atoms with E-state index < -0.39 is 0 Å². The Balaban J connectivity index is 2.43. The zero-order chi connectivity index (χ0) is 12.3. The highest BCUT2D eigenvalue weighted by molar-refractivity contribution is 7.10. The number of nitrogens with one attached hydrogen (secondary N) is 1. The maximum Gasteiger partial charge on any atom is 0.0211 e. The predicted molar refractivity (Wildman–Crippen MR) is 76.6 cm³/mol. The summed E-state index contributed by atoms with van der Waals surface area (Å²) < 4.78 is 0. The normalized spacial score (nSPS) is 10.8. The highest BCUT2D eigenvalue weighted by atomic mass is 32.1. The summed E-state index contributed by atoms with van der Waals surface area (Å²) in [5.41, 5.74) is 5.47. The summed E-state index contributed by atoms with van der Waals surface area (Å²) in [4.78, 5) is 1.40. The molecule has 0 saturated heterocycles. The Morgan fingerprint density at radius 3 is 2.59 bits per heavy atom. The van der Waals surface area contributed by atoms with Crippen LogP contribution in [0.3, 0.4) is 0 Å². The van der Waals surface area contributed by atoms with Gasteiger partial charge in [-0.25, -0.2) is 0 Å². The first-order chi connectivity index (χ1) is 8.22. The summed E-state index contributed by atoms with van der Waals surface area (Å²) in [7, 11) is 0. The molecular formula is C15H19NS. The van der Waals surface area contributed by atoms with Crippen LogP contribution in [-0.2, 0) is 6.54 Å². The van der Waals surface area contributed by atoms with E-state index in [0.29, 0.717) is 0 Å². The maximum atomic E-state index is 3.41. The molecule has 90 valence electrons. The maximum absolute atomic E-state index is 3.41. The van der Waals surface area contributed by atoms with Gasteiger partial charge >= 0.3 is 0 Å². The molecule has 0 aliphatic carbocycles. The second-order valence-electron chi connectivity index (χ2n) is 4.33. The Kier molecular flexibility index (Phi) is 3.97. The van der Waals surface area contributed by atoms with Crippen LogP contribution < -0.4 is 5.32 Å². The molecular weight excluding hydrogens is 226 g/mol. The van der Waals surface area contributed by atoms with Crippen molar-refractivity contribution in [2.45, 2.75) is 27.3 Å². The summed E-state index contributed by atoms with van der Waals surface area (Å²) in [6, 6.07) is 8.95. The molecule has 1 heterocycles. The van der Waals surface area contributed by atoms with E-state index in [0.717, 1.165) is 13.1 Å². The summed E-state index contributed by atoms with van der Waals surface area (Å²) in [6.45, 7) is 8.45. The highest BCUT2D eigenvalue weighted by Crippen LogP contribution is 2.31. The van der Waals surface area contributed by atoms with E-state index in [2.05, 4.69) is 55.7 Å². The van der Waals surface area contributed by atoms with Crippen molar-refractivity contribution in [3.63, 3.8) is 0 Å². The van der Waals surface area contributed by atoms with Crippen LogP contribution in [0.1, 0.15) is 22.9 Å². The van der Waals surface area contributed by atoms with Crippen LogP contribution in [0.4, 0.5) is 0 Å². The molecule has 2 aromatic rings. The molecule has 0 fully saturated rings. The monoisotopic (exact) mass is 245 g/mol. The minimum absolute atomic E-state index is 0.946. The molecule has 2 heteroatoms. The number of thiophene rings is 1. The number of aryl methyl sites for hydroxylation is 2. The summed E-state index contributed by atoms with van der Waals surface area (Å²) in [5, 5.41) is 5.58. The van der Waals surface area contributed by atoms with Gasteiger partial charge in [-0.05, 0) is 48.5 Å². The van der Waals surface area contributed by atoms with Crippen molar-refractivity contribution >= 4 is 11.3 Å². The van der Waals surface area contributed by atoms with E-state index in [1.54, 1.807) is 0 Å². The number of rotatable bonds is 4. The van der Waals surface area contributed by atoms with Gasteiger partial charge in [-0.15, -0.1) is 11.3 Å². The molecule has 17 heavy (non-hydrogen) atoms. The molecule has 1 N–H and O–H groups in total. The molecule has 0 amide bonds. The van der Waals surface area contributed by atoms with Crippen molar-refractivity contribution in [2.24, 2.45) is 0 Å². The van der Waals surface area contributed by atoms with Gasteiger partial charge in [0.05, 0.1) is 0 Å². The molecule has 0 bridgehead atoms. The molecule has 0 aliphatic heterocycles. The lowest BCUT2D eigenvalue weighted by Crippen LogP contribution is -2.12. The van der Waals surface area contributed by atoms with E-state index in [1.807, 2.05) is 11.3 Å². The van der Waals surface area contributed by atoms with Crippen LogP contribution in [0.25, 0.3) is 11.1 Å². The fourth-order valence-electron chi connectivity index (χ4n) is 2.02. The van der Waals surface area contributed by atoms with Gasteiger partial charge in [0.1, 0.15) is 0 Å². The molecule has 0 unspecified atom stereocenters. The average molecular weight is 245 g/mol. The zero-order valence-corrected chi connectivity index (χ0v) is 11.5. The average Bonchev–Trinajstić information content (AvgIpc) is 2.74. The van der Waals surface area contributed by atoms with Gasteiger partial charge in [0.25, 0.3) is 0 Å². The fourth-order valence-corrected chi connectivity index (χ4v) is 2.73. The van der Waals surface area contributed by atoms with E-state index in [4.69, 9.17) is 0 Å². The van der Waals surface area contributed by atoms with Crippen molar-refractivity contribution in [3.8, 4) is 11.1 Å². The zero-order valence-electron chi connectivity index (χ0n) is 10.7. The Morgan fingerprint density at radius 2 is 1.94 bits per heavy atom. The second-order valence-corrected chi connectivity index (χ2v) is 5.45. The summed E-state index contributed by atoms with van der Waals surface area (Å²) in [6.07, 6.45) is 0. The van der Waals surface area contributed by atoms with Gasteiger partial charge in [0.2, 0.25) is 0 Å². The van der Waals surface area contributed by atoms with Crippen LogP contribution in [0.5, 0.6) is 0 Å². The third kappa shape index (κ3) is 2.76. The predicted octanol–water partition coefficient (Wildman–Crippen LogP) is 4.14. The largest absolute Gasteiger partial charge is 0.313 e. The van der Waals surface area contributed by atoms with Gasteiger partial charge in [-0.3, -0.25) is 0 Å². The number of hydrogen-bond acceptors (Lipinski definition) is 2. The van der Waals surface area contributed by atoms with Gasteiger partial charge in [-0.1, -0.05) is 30.7 Å². The summed E-state index contributed by atoms with van der Waals surface area (Å²) >= 11 is 1.82. The Labute approximate surface area is 108 Å². The molecule has 0 radical (unpaired) electrons. The molecule has 0 saturated carbocycles. The van der Waals surface area contributed by atoms with Crippen molar-refractivity contribution in [1.29, 1.82) is 0 Å². The molecule has 1 aromatic heterocycles. The number of hydrogen-bond donors (Lipinski definition) is 1. The molecule has 0 aliphatic rings. The van der Waals surface area contributed by atoms with Gasteiger partial charge < -0.3 is 5.32 Å². The van der Waals surface area contributed by atoms with Crippen molar-refractivity contribution in [2.75, 3.05) is 6.54 Å². The van der Waals surface area contributed by atoms with Crippen LogP contribution in [-0.4, -0.2) is 6.54 Å². The van der Waals surface area contributed by atoms with Crippen molar-refractivity contribution in [1.82, 2.24) is 5.32 Å². The summed E-state index contributed by atoms with van der Waals surface area (Å²) in [5.74, 6) is 0. The molecule has 1 aromatic carbocycles. The van der Waals surface area contributed by atoms with Gasteiger partial charge in [-0.2, -0.15) is 0 Å². The van der Waals surface area contributed by atoms with Crippen LogP contribution in [0.15, 0.2) is 29.6 Å². The van der Waals surface area contributed by atoms with Crippen LogP contribution in [0, 0.1) is 13.8 Å². The first-order valence-electron chi connectivity index (χ1n) is 6.07. The molecule has 0 spiro atoms. The highest BCUT2D eigenvalue weighted by Gasteiger charge is 2.08. The first kappa shape index (κ1) is 12.3. The third-order valence-corrected chi connectivity index (χ3v) is 3.83. The number of benzene rings is 1. The Bertz CT molecular complexity index is 499.